The first-order chi connectivity index (χ1) is 11.6. The van der Waals surface area contributed by atoms with Crippen LogP contribution in [0.15, 0.2) is 12.1 Å². The molecule has 0 N–H and O–H groups in total. The van der Waals surface area contributed by atoms with Crippen molar-refractivity contribution in [3.05, 3.63) is 23.3 Å². The zero-order chi connectivity index (χ0) is 17.3. The van der Waals surface area contributed by atoms with E-state index in [2.05, 4.69) is 16.8 Å². The van der Waals surface area contributed by atoms with Gasteiger partial charge in [0.1, 0.15) is 11.5 Å². The molecular weight excluding hydrogens is 304 g/mol. The van der Waals surface area contributed by atoms with E-state index in [9.17, 15) is 4.79 Å². The fourth-order valence-electron chi connectivity index (χ4n) is 4.24. The minimum absolute atomic E-state index is 0.0920. The van der Waals surface area contributed by atoms with Gasteiger partial charge < -0.3 is 19.3 Å². The van der Waals surface area contributed by atoms with Gasteiger partial charge in [0.15, 0.2) is 0 Å². The van der Waals surface area contributed by atoms with E-state index in [1.165, 1.54) is 12.8 Å². The second-order valence-electron chi connectivity index (χ2n) is 6.90. The first kappa shape index (κ1) is 17.1. The van der Waals surface area contributed by atoms with Crippen LogP contribution >= 0.6 is 0 Å². The Morgan fingerprint density at radius 1 is 1.04 bits per heavy atom. The molecule has 2 saturated heterocycles. The smallest absolute Gasteiger partial charge is 0.254 e. The van der Waals surface area contributed by atoms with Gasteiger partial charge in [-0.15, -0.1) is 0 Å². The maximum atomic E-state index is 13.2. The van der Waals surface area contributed by atoms with Crippen molar-refractivity contribution in [2.45, 2.75) is 44.7 Å². The van der Waals surface area contributed by atoms with E-state index < -0.39 is 0 Å². The number of likely N-dealkylation sites (N-methyl/N-ethyl adjacent to an activating group) is 1. The molecule has 1 aromatic carbocycles. The Kier molecular flexibility index (Phi) is 4.99. The molecule has 132 valence electrons. The first-order valence-electron chi connectivity index (χ1n) is 8.80. The molecule has 2 heterocycles. The SMILES string of the molecule is COc1cc(C(=O)N2CCC[C@@H]2[C@@H]2CCCN2C)cc(OC)c1C. The molecule has 2 atom stereocenters. The molecule has 3 rings (SSSR count). The summed E-state index contributed by atoms with van der Waals surface area (Å²) in [6, 6.07) is 4.50. The number of amides is 1. The second kappa shape index (κ2) is 7.01. The van der Waals surface area contributed by atoms with E-state index in [-0.39, 0.29) is 5.91 Å². The molecule has 0 aliphatic carbocycles. The number of benzene rings is 1. The van der Waals surface area contributed by atoms with Crippen molar-refractivity contribution in [1.82, 2.24) is 9.80 Å². The molecule has 0 saturated carbocycles. The molecule has 0 unspecified atom stereocenters. The van der Waals surface area contributed by atoms with Gasteiger partial charge in [-0.25, -0.2) is 0 Å². The Morgan fingerprint density at radius 2 is 1.62 bits per heavy atom. The number of ether oxygens (including phenoxy) is 2. The quantitative estimate of drug-likeness (QED) is 0.850. The van der Waals surface area contributed by atoms with E-state index in [0.29, 0.717) is 29.1 Å². The molecule has 1 amide bonds. The zero-order valence-corrected chi connectivity index (χ0v) is 15.2. The molecule has 2 fully saturated rings. The van der Waals surface area contributed by atoms with Crippen LogP contribution in [0.3, 0.4) is 0 Å². The van der Waals surface area contributed by atoms with Gasteiger partial charge in [-0.3, -0.25) is 4.79 Å². The van der Waals surface area contributed by atoms with Gasteiger partial charge in [-0.1, -0.05) is 0 Å². The largest absolute Gasteiger partial charge is 0.496 e. The third kappa shape index (κ3) is 2.97. The average Bonchev–Trinajstić information content (AvgIpc) is 3.22. The van der Waals surface area contributed by atoms with Crippen molar-refractivity contribution in [3.63, 3.8) is 0 Å². The lowest BCUT2D eigenvalue weighted by Crippen LogP contribution is -2.47. The Balaban J connectivity index is 1.88. The first-order valence-corrected chi connectivity index (χ1v) is 8.80. The normalized spacial score (nSPS) is 24.4. The van der Waals surface area contributed by atoms with Gasteiger partial charge >= 0.3 is 0 Å². The van der Waals surface area contributed by atoms with Gasteiger partial charge in [0, 0.05) is 29.8 Å². The predicted octanol–water partition coefficient (Wildman–Crippen LogP) is 2.71. The van der Waals surface area contributed by atoms with Crippen molar-refractivity contribution in [2.75, 3.05) is 34.4 Å². The van der Waals surface area contributed by atoms with Gasteiger partial charge in [0.05, 0.1) is 14.2 Å². The molecular formula is C19H28N2O3. The third-order valence-electron chi connectivity index (χ3n) is 5.58. The molecule has 0 bridgehead atoms. The Morgan fingerprint density at radius 3 is 2.17 bits per heavy atom. The summed E-state index contributed by atoms with van der Waals surface area (Å²) in [6.45, 7) is 3.92. The molecule has 5 nitrogen and oxygen atoms in total. The van der Waals surface area contributed by atoms with Crippen molar-refractivity contribution in [1.29, 1.82) is 0 Å². The Labute approximate surface area is 144 Å². The molecule has 1 aromatic rings. The number of hydrogen-bond donors (Lipinski definition) is 0. The number of carbonyl (C=O) groups is 1. The van der Waals surface area contributed by atoms with Crippen LogP contribution in [0, 0.1) is 6.92 Å². The topological polar surface area (TPSA) is 42.0 Å². The van der Waals surface area contributed by atoms with Gasteiger partial charge in [-0.2, -0.15) is 0 Å². The summed E-state index contributed by atoms with van der Waals surface area (Å²) in [7, 11) is 5.43. The van der Waals surface area contributed by atoms with E-state index in [0.717, 1.165) is 31.5 Å². The highest BCUT2D eigenvalue weighted by Gasteiger charge is 2.38. The molecule has 2 aliphatic heterocycles. The second-order valence-corrected chi connectivity index (χ2v) is 6.90. The molecule has 5 heteroatoms. The third-order valence-corrected chi connectivity index (χ3v) is 5.58. The van der Waals surface area contributed by atoms with E-state index in [1.54, 1.807) is 14.2 Å². The van der Waals surface area contributed by atoms with Gasteiger partial charge in [-0.05, 0) is 58.3 Å². The van der Waals surface area contributed by atoms with Crippen LogP contribution < -0.4 is 9.47 Å². The molecule has 0 aromatic heterocycles. The predicted molar refractivity (Wildman–Crippen MR) is 94.0 cm³/mol. The minimum Gasteiger partial charge on any atom is -0.496 e. The van der Waals surface area contributed by atoms with Crippen LogP contribution in [0.5, 0.6) is 11.5 Å². The summed E-state index contributed by atoms with van der Waals surface area (Å²) in [5.74, 6) is 1.49. The molecule has 24 heavy (non-hydrogen) atoms. The average molecular weight is 332 g/mol. The van der Waals surface area contributed by atoms with Gasteiger partial charge in [0.25, 0.3) is 5.91 Å². The monoisotopic (exact) mass is 332 g/mol. The highest BCUT2D eigenvalue weighted by atomic mass is 16.5. The van der Waals surface area contributed by atoms with E-state index in [4.69, 9.17) is 9.47 Å². The highest BCUT2D eigenvalue weighted by molar-refractivity contribution is 5.95. The van der Waals surface area contributed by atoms with Crippen LogP contribution in [0.1, 0.15) is 41.6 Å². The summed E-state index contributed by atoms with van der Waals surface area (Å²) in [4.78, 5) is 17.6. The lowest BCUT2D eigenvalue weighted by molar-refractivity contribution is 0.0663. The Bertz CT molecular complexity index is 592. The summed E-state index contributed by atoms with van der Waals surface area (Å²) in [5.41, 5.74) is 1.58. The number of methoxy groups -OCH3 is 2. The lowest BCUT2D eigenvalue weighted by Gasteiger charge is -2.33. The summed E-state index contributed by atoms with van der Waals surface area (Å²) in [6.07, 6.45) is 4.60. The number of rotatable bonds is 4. The molecule has 0 spiro atoms. The van der Waals surface area contributed by atoms with Crippen molar-refractivity contribution >= 4 is 5.91 Å². The van der Waals surface area contributed by atoms with E-state index in [1.807, 2.05) is 19.1 Å². The lowest BCUT2D eigenvalue weighted by atomic mass is 10.0. The van der Waals surface area contributed by atoms with Crippen LogP contribution in [-0.2, 0) is 0 Å². The number of likely N-dealkylation sites (tertiary alicyclic amines) is 2. The number of nitrogens with zero attached hydrogens (tertiary/aromatic N) is 2. The van der Waals surface area contributed by atoms with E-state index >= 15 is 0 Å². The highest BCUT2D eigenvalue weighted by Crippen LogP contribution is 2.33. The van der Waals surface area contributed by atoms with Gasteiger partial charge in [0.2, 0.25) is 0 Å². The van der Waals surface area contributed by atoms with Crippen LogP contribution in [0.2, 0.25) is 0 Å². The molecule has 0 radical (unpaired) electrons. The molecule has 2 aliphatic rings. The van der Waals surface area contributed by atoms with Crippen molar-refractivity contribution < 1.29 is 14.3 Å². The van der Waals surface area contributed by atoms with Crippen molar-refractivity contribution in [3.8, 4) is 11.5 Å². The zero-order valence-electron chi connectivity index (χ0n) is 15.2. The number of carbonyl (C=O) groups excluding carboxylic acids is 1. The van der Waals surface area contributed by atoms with Crippen molar-refractivity contribution in [2.24, 2.45) is 0 Å². The standard InChI is InChI=1S/C19H28N2O3/c1-13-17(23-3)11-14(12-18(13)24-4)19(22)21-10-6-8-16(21)15-7-5-9-20(15)2/h11-12,15-16H,5-10H2,1-4H3/t15-,16+/m0/s1. The summed E-state index contributed by atoms with van der Waals surface area (Å²) < 4.78 is 10.9. The summed E-state index contributed by atoms with van der Waals surface area (Å²) in [5, 5.41) is 0. The summed E-state index contributed by atoms with van der Waals surface area (Å²) >= 11 is 0. The van der Waals surface area contributed by atoms with Crippen LogP contribution in [-0.4, -0.2) is 62.1 Å². The fraction of sp³-hybridized carbons (Fsp3) is 0.632. The number of hydrogen-bond acceptors (Lipinski definition) is 4. The maximum Gasteiger partial charge on any atom is 0.254 e. The van der Waals surface area contributed by atoms with Crippen LogP contribution in [0.4, 0.5) is 0 Å². The Hall–Kier alpha value is -1.75. The maximum absolute atomic E-state index is 13.2. The fourth-order valence-corrected chi connectivity index (χ4v) is 4.24. The minimum atomic E-state index is 0.0920. The van der Waals surface area contributed by atoms with Crippen LogP contribution in [0.25, 0.3) is 0 Å².